The smallest absolute Gasteiger partial charge is 0.253 e. The summed E-state index contributed by atoms with van der Waals surface area (Å²) in [6.45, 7) is 7.40. The van der Waals surface area contributed by atoms with Crippen molar-refractivity contribution in [1.82, 2.24) is 10.6 Å². The Labute approximate surface area is 119 Å². The summed E-state index contributed by atoms with van der Waals surface area (Å²) in [5.74, 6) is 1.70. The van der Waals surface area contributed by atoms with E-state index in [0.717, 1.165) is 11.3 Å². The number of hydrogen-bond donors (Lipinski definition) is 2. The number of rotatable bonds is 5. The van der Waals surface area contributed by atoms with Gasteiger partial charge in [0.15, 0.2) is 5.96 Å². The van der Waals surface area contributed by atoms with Crippen LogP contribution in [0.3, 0.4) is 0 Å². The van der Waals surface area contributed by atoms with Crippen molar-refractivity contribution >= 4 is 11.9 Å². The van der Waals surface area contributed by atoms with E-state index in [4.69, 9.17) is 4.74 Å². The highest BCUT2D eigenvalue weighted by molar-refractivity contribution is 6.06. The van der Waals surface area contributed by atoms with Crippen molar-refractivity contribution in [1.29, 1.82) is 0 Å². The quantitative estimate of drug-likeness (QED) is 0.862. The molecule has 0 radical (unpaired) electrons. The van der Waals surface area contributed by atoms with Crippen LogP contribution in [0.4, 0.5) is 0 Å². The third-order valence-electron chi connectivity index (χ3n) is 2.90. The van der Waals surface area contributed by atoms with E-state index in [-0.39, 0.29) is 5.91 Å². The second kappa shape index (κ2) is 6.41. The van der Waals surface area contributed by atoms with Gasteiger partial charge in [-0.25, -0.2) is 0 Å². The normalized spacial score (nSPS) is 20.1. The van der Waals surface area contributed by atoms with E-state index in [0.29, 0.717) is 25.0 Å². The van der Waals surface area contributed by atoms with Crippen molar-refractivity contribution in [3.05, 3.63) is 29.8 Å². The Balaban J connectivity index is 2.11. The molecule has 1 heterocycles. The summed E-state index contributed by atoms with van der Waals surface area (Å²) in [7, 11) is 0. The van der Waals surface area contributed by atoms with Gasteiger partial charge in [-0.1, -0.05) is 26.0 Å². The zero-order valence-electron chi connectivity index (χ0n) is 12.1. The van der Waals surface area contributed by atoms with Crippen LogP contribution < -0.4 is 15.4 Å². The van der Waals surface area contributed by atoms with Gasteiger partial charge in [0.05, 0.1) is 6.61 Å². The molecule has 1 amide bonds. The zero-order valence-corrected chi connectivity index (χ0v) is 12.1. The third-order valence-corrected chi connectivity index (χ3v) is 2.90. The first-order chi connectivity index (χ1) is 9.60. The maximum atomic E-state index is 12.0. The van der Waals surface area contributed by atoms with Crippen LogP contribution >= 0.6 is 0 Å². The highest BCUT2D eigenvalue weighted by Crippen LogP contribution is 2.21. The van der Waals surface area contributed by atoms with Crippen molar-refractivity contribution in [3.63, 3.8) is 0 Å². The molecule has 20 heavy (non-hydrogen) atoms. The molecule has 0 spiro atoms. The third kappa shape index (κ3) is 3.50. The number of carbonyl (C=O) groups is 1. The van der Waals surface area contributed by atoms with Gasteiger partial charge in [0.25, 0.3) is 5.91 Å². The average Bonchev–Trinajstić information content (AvgIpc) is 2.78. The fraction of sp³-hybridized carbons (Fsp3) is 0.467. The van der Waals surface area contributed by atoms with Crippen molar-refractivity contribution in [2.75, 3.05) is 13.2 Å². The highest BCUT2D eigenvalue weighted by atomic mass is 16.5. The number of ether oxygens (including phenoxy) is 1. The fourth-order valence-electron chi connectivity index (χ4n) is 1.97. The Bertz CT molecular complexity index is 512. The fourth-order valence-corrected chi connectivity index (χ4v) is 1.97. The Kier molecular flexibility index (Phi) is 4.61. The number of guanidine groups is 1. The lowest BCUT2D eigenvalue weighted by Crippen LogP contribution is -2.26. The van der Waals surface area contributed by atoms with E-state index in [1.54, 1.807) is 0 Å². The van der Waals surface area contributed by atoms with E-state index in [1.807, 2.05) is 31.2 Å². The van der Waals surface area contributed by atoms with Crippen molar-refractivity contribution in [2.24, 2.45) is 10.9 Å². The van der Waals surface area contributed by atoms with Crippen LogP contribution in [0.5, 0.6) is 5.75 Å². The summed E-state index contributed by atoms with van der Waals surface area (Å²) in [4.78, 5) is 16.4. The number of amides is 1. The lowest BCUT2D eigenvalue weighted by atomic mass is 10.1. The number of carbonyl (C=O) groups excluding carboxylic acids is 1. The number of nitrogens with one attached hydrogen (secondary N) is 2. The van der Waals surface area contributed by atoms with Gasteiger partial charge >= 0.3 is 0 Å². The number of aliphatic imine (C=N–C) groups is 1. The van der Waals surface area contributed by atoms with Crippen LogP contribution in [-0.4, -0.2) is 25.0 Å². The van der Waals surface area contributed by atoms with E-state index >= 15 is 0 Å². The van der Waals surface area contributed by atoms with Crippen LogP contribution in [0, 0.1) is 5.92 Å². The highest BCUT2D eigenvalue weighted by Gasteiger charge is 2.29. The van der Waals surface area contributed by atoms with Crippen LogP contribution in [0.15, 0.2) is 29.3 Å². The van der Waals surface area contributed by atoms with E-state index < -0.39 is 6.04 Å². The largest absolute Gasteiger partial charge is 0.494 e. The van der Waals surface area contributed by atoms with Gasteiger partial charge < -0.3 is 10.1 Å². The predicted octanol–water partition coefficient (Wildman–Crippen LogP) is 1.86. The molecule has 1 fully saturated rings. The van der Waals surface area contributed by atoms with E-state index in [9.17, 15) is 4.79 Å². The van der Waals surface area contributed by atoms with Crippen molar-refractivity contribution < 1.29 is 9.53 Å². The van der Waals surface area contributed by atoms with Crippen molar-refractivity contribution in [2.45, 2.75) is 26.8 Å². The van der Waals surface area contributed by atoms with Crippen LogP contribution in [0.25, 0.3) is 0 Å². The van der Waals surface area contributed by atoms with Gasteiger partial charge in [0, 0.05) is 6.54 Å². The minimum atomic E-state index is -0.402. The van der Waals surface area contributed by atoms with Gasteiger partial charge in [0.1, 0.15) is 11.8 Å². The molecule has 1 atom stereocenters. The molecule has 5 nitrogen and oxygen atoms in total. The van der Waals surface area contributed by atoms with Gasteiger partial charge in [-0.3, -0.25) is 15.1 Å². The Morgan fingerprint density at radius 1 is 1.40 bits per heavy atom. The molecule has 2 rings (SSSR count). The molecular weight excluding hydrogens is 254 g/mol. The molecule has 108 valence electrons. The first-order valence-corrected chi connectivity index (χ1v) is 6.94. The molecule has 1 unspecified atom stereocenters. The maximum Gasteiger partial charge on any atom is 0.253 e. The summed E-state index contributed by atoms with van der Waals surface area (Å²) in [5, 5.41) is 5.88. The van der Waals surface area contributed by atoms with Crippen LogP contribution in [0.2, 0.25) is 0 Å². The van der Waals surface area contributed by atoms with Gasteiger partial charge in [-0.05, 0) is 30.5 Å². The van der Waals surface area contributed by atoms with Gasteiger partial charge in [0.2, 0.25) is 0 Å². The summed E-state index contributed by atoms with van der Waals surface area (Å²) in [6, 6.07) is 7.16. The number of benzene rings is 1. The molecule has 1 aromatic carbocycles. The molecule has 0 aliphatic carbocycles. The van der Waals surface area contributed by atoms with Gasteiger partial charge in [-0.2, -0.15) is 0 Å². The molecular formula is C15H21N3O2. The molecule has 1 aromatic rings. The lowest BCUT2D eigenvalue weighted by molar-refractivity contribution is -0.120. The predicted molar refractivity (Wildman–Crippen MR) is 78.8 cm³/mol. The second-order valence-corrected chi connectivity index (χ2v) is 5.16. The number of hydrogen-bond acceptors (Lipinski definition) is 3. The molecule has 0 aromatic heterocycles. The molecule has 1 aliphatic heterocycles. The topological polar surface area (TPSA) is 62.7 Å². The summed E-state index contributed by atoms with van der Waals surface area (Å²) >= 11 is 0. The molecule has 5 heteroatoms. The average molecular weight is 275 g/mol. The zero-order chi connectivity index (χ0) is 14.5. The number of nitrogens with zero attached hydrogens (tertiary/aromatic N) is 1. The molecule has 0 saturated carbocycles. The lowest BCUT2D eigenvalue weighted by Gasteiger charge is -2.10. The maximum absolute atomic E-state index is 12.0. The SMILES string of the molecule is CCOc1cccc(C2NC(=NCC(C)C)NC2=O)c1. The first-order valence-electron chi connectivity index (χ1n) is 6.94. The van der Waals surface area contributed by atoms with E-state index in [1.165, 1.54) is 0 Å². The minimum absolute atomic E-state index is 0.0823. The monoisotopic (exact) mass is 275 g/mol. The molecule has 1 saturated heterocycles. The second-order valence-electron chi connectivity index (χ2n) is 5.16. The van der Waals surface area contributed by atoms with Gasteiger partial charge in [-0.15, -0.1) is 0 Å². The molecule has 1 aliphatic rings. The van der Waals surface area contributed by atoms with E-state index in [2.05, 4.69) is 29.5 Å². The van der Waals surface area contributed by atoms with Crippen molar-refractivity contribution in [3.8, 4) is 5.75 Å². The van der Waals surface area contributed by atoms with Crippen LogP contribution in [-0.2, 0) is 4.79 Å². The summed E-state index contributed by atoms with van der Waals surface area (Å²) in [5.41, 5.74) is 0.878. The minimum Gasteiger partial charge on any atom is -0.494 e. The Morgan fingerprint density at radius 2 is 2.20 bits per heavy atom. The summed E-state index contributed by atoms with van der Waals surface area (Å²) in [6.07, 6.45) is 0. The first kappa shape index (κ1) is 14.4. The van der Waals surface area contributed by atoms with Crippen LogP contribution in [0.1, 0.15) is 32.4 Å². The molecule has 0 bridgehead atoms. The Hall–Kier alpha value is -2.04. The Morgan fingerprint density at radius 3 is 2.90 bits per heavy atom. The summed E-state index contributed by atoms with van der Waals surface area (Å²) < 4.78 is 5.46. The molecule has 2 N–H and O–H groups in total. The standard InChI is InChI=1S/C15H21N3O2/c1-4-20-12-7-5-6-11(8-12)13-14(19)18-15(17-13)16-9-10(2)3/h5-8,10,13H,4,9H2,1-3H3,(H2,16,17,18,19).